The predicted octanol–water partition coefficient (Wildman–Crippen LogP) is 4.65. The van der Waals surface area contributed by atoms with E-state index < -0.39 is 58.9 Å². The first-order chi connectivity index (χ1) is 22.4. The van der Waals surface area contributed by atoms with Crippen LogP contribution in [0.1, 0.15) is 70.4 Å². The van der Waals surface area contributed by atoms with Crippen LogP contribution in [0.3, 0.4) is 0 Å². The molecule has 0 radical (unpaired) electrons. The lowest BCUT2D eigenvalue weighted by atomic mass is 9.85. The normalized spacial score (nSPS) is 24.5. The molecule has 47 heavy (non-hydrogen) atoms. The molecular weight excluding hydrogens is 600 g/mol. The zero-order chi connectivity index (χ0) is 33.8. The molecule has 5 rings (SSSR count). The molecule has 11 heteroatoms. The van der Waals surface area contributed by atoms with Crippen LogP contribution in [-0.4, -0.2) is 76.0 Å². The van der Waals surface area contributed by atoms with E-state index >= 15 is 0 Å². The smallest absolute Gasteiger partial charge is 0.408 e. The minimum absolute atomic E-state index is 0.00578. The lowest BCUT2D eigenvalue weighted by Crippen LogP contribution is -2.59. The van der Waals surface area contributed by atoms with Gasteiger partial charge in [-0.2, -0.15) is 0 Å². The molecule has 1 aliphatic heterocycles. The number of amides is 3. The van der Waals surface area contributed by atoms with E-state index in [9.17, 15) is 24.3 Å². The van der Waals surface area contributed by atoms with Crippen molar-refractivity contribution in [3.05, 3.63) is 84.4 Å². The summed E-state index contributed by atoms with van der Waals surface area (Å²) in [4.78, 5) is 60.7. The number of rotatable bonds is 11. The molecule has 2 aliphatic carbocycles. The van der Waals surface area contributed by atoms with Gasteiger partial charge in [-0.1, -0.05) is 92.7 Å². The maximum Gasteiger partial charge on any atom is 0.408 e. The molecule has 2 aromatic rings. The number of carboxylic acids is 1. The molecule has 1 heterocycles. The van der Waals surface area contributed by atoms with Gasteiger partial charge in [0.05, 0.1) is 6.54 Å². The number of aliphatic carboxylic acids is 1. The molecule has 5 atom stereocenters. The number of hydrogen-bond donors (Lipinski definition) is 3. The fourth-order valence-electron chi connectivity index (χ4n) is 6.40. The zero-order valence-corrected chi connectivity index (χ0v) is 27.2. The lowest BCUT2D eigenvalue weighted by Gasteiger charge is -2.35. The number of nitrogens with one attached hydrogen (secondary N) is 2. The Morgan fingerprint density at radius 2 is 1.60 bits per heavy atom. The molecule has 0 bridgehead atoms. The summed E-state index contributed by atoms with van der Waals surface area (Å²) in [6, 6.07) is 16.9. The summed E-state index contributed by atoms with van der Waals surface area (Å²) in [5, 5.41) is 19.9. The van der Waals surface area contributed by atoms with Crippen molar-refractivity contribution in [2.45, 2.75) is 89.1 Å². The molecule has 0 spiro atoms. The molecule has 2 aromatic carbocycles. The zero-order valence-electron chi connectivity index (χ0n) is 27.2. The fraction of sp³-hybridized carbons (Fsp3) is 0.472. The molecule has 3 N–H and O–H groups in total. The standard InChI is InChI=1S/C36H44N4O7/c1-5-25-21-36(25,33(43)44)38-31(41)28-20-27(47-39-29(23-14-8-6-9-15-23)24-16-10-7-11-17-24)22-40(28)32(42)30(35(2,3)4)37-34(45)46-26-18-12-13-19-26/h5-11,14-17,25-28,30H,1,12-13,18-22H2,2-4H3,(H,37,45)(H,38,41)(H,43,44)/t25-,27-,28+,30-,36+/m1/s1. The van der Waals surface area contributed by atoms with Crippen LogP contribution in [0, 0.1) is 11.3 Å². The van der Waals surface area contributed by atoms with Gasteiger partial charge in [-0.3, -0.25) is 9.59 Å². The molecule has 11 nitrogen and oxygen atoms in total. The topological polar surface area (TPSA) is 147 Å². The molecule has 2 saturated carbocycles. The second kappa shape index (κ2) is 14.0. The Balaban J connectivity index is 1.41. The second-order valence-electron chi connectivity index (χ2n) is 13.7. The number of hydrogen-bond acceptors (Lipinski definition) is 7. The van der Waals surface area contributed by atoms with Gasteiger partial charge in [0.15, 0.2) is 0 Å². The van der Waals surface area contributed by atoms with E-state index in [2.05, 4.69) is 22.4 Å². The molecule has 3 aliphatic rings. The van der Waals surface area contributed by atoms with Crippen molar-refractivity contribution in [2.75, 3.05) is 6.54 Å². The van der Waals surface area contributed by atoms with Gasteiger partial charge in [0.2, 0.25) is 11.8 Å². The van der Waals surface area contributed by atoms with Gasteiger partial charge in [-0.05, 0) is 37.5 Å². The Hall–Kier alpha value is -4.67. The van der Waals surface area contributed by atoms with Crippen LogP contribution in [0.5, 0.6) is 0 Å². The van der Waals surface area contributed by atoms with Gasteiger partial charge in [0.25, 0.3) is 0 Å². The molecule has 250 valence electrons. The maximum absolute atomic E-state index is 14.3. The highest BCUT2D eigenvalue weighted by atomic mass is 16.6. The maximum atomic E-state index is 14.3. The molecule has 0 aromatic heterocycles. The highest BCUT2D eigenvalue weighted by Gasteiger charge is 2.61. The van der Waals surface area contributed by atoms with E-state index in [0.717, 1.165) is 36.8 Å². The Labute approximate surface area is 275 Å². The first-order valence-electron chi connectivity index (χ1n) is 16.2. The summed E-state index contributed by atoms with van der Waals surface area (Å²) in [7, 11) is 0. The Kier molecular flexibility index (Phi) is 10.0. The summed E-state index contributed by atoms with van der Waals surface area (Å²) in [5.74, 6) is -2.71. The third-order valence-corrected chi connectivity index (χ3v) is 9.21. The monoisotopic (exact) mass is 644 g/mol. The van der Waals surface area contributed by atoms with Gasteiger partial charge < -0.3 is 30.2 Å². The van der Waals surface area contributed by atoms with Gasteiger partial charge in [0, 0.05) is 23.5 Å². The fourth-order valence-corrected chi connectivity index (χ4v) is 6.40. The number of oxime groups is 1. The number of carbonyl (C=O) groups is 4. The van der Waals surface area contributed by atoms with Crippen molar-refractivity contribution in [2.24, 2.45) is 16.5 Å². The van der Waals surface area contributed by atoms with Crippen LogP contribution in [0.15, 0.2) is 78.5 Å². The second-order valence-corrected chi connectivity index (χ2v) is 13.7. The van der Waals surface area contributed by atoms with Crippen molar-refractivity contribution < 1.29 is 33.9 Å². The van der Waals surface area contributed by atoms with Gasteiger partial charge in [-0.25, -0.2) is 9.59 Å². The third kappa shape index (κ3) is 7.66. The summed E-state index contributed by atoms with van der Waals surface area (Å²) in [5.41, 5.74) is 0.00129. The molecule has 3 amide bonds. The van der Waals surface area contributed by atoms with E-state index in [4.69, 9.17) is 9.57 Å². The van der Waals surface area contributed by atoms with Gasteiger partial charge in [-0.15, -0.1) is 6.58 Å². The Morgan fingerprint density at radius 3 is 2.11 bits per heavy atom. The van der Waals surface area contributed by atoms with Gasteiger partial charge >= 0.3 is 12.1 Å². The largest absolute Gasteiger partial charge is 0.479 e. The van der Waals surface area contributed by atoms with E-state index in [0.29, 0.717) is 5.71 Å². The summed E-state index contributed by atoms with van der Waals surface area (Å²) in [6.45, 7) is 9.15. The van der Waals surface area contributed by atoms with E-state index in [1.807, 2.05) is 81.4 Å². The number of nitrogens with zero attached hydrogens (tertiary/aromatic N) is 2. The predicted molar refractivity (Wildman–Crippen MR) is 175 cm³/mol. The number of carbonyl (C=O) groups excluding carboxylic acids is 3. The summed E-state index contributed by atoms with van der Waals surface area (Å²) < 4.78 is 5.60. The van der Waals surface area contributed by atoms with Crippen molar-refractivity contribution in [1.29, 1.82) is 0 Å². The summed E-state index contributed by atoms with van der Waals surface area (Å²) in [6.07, 6.45) is 3.72. The number of alkyl carbamates (subject to hydrolysis) is 1. The minimum atomic E-state index is -1.48. The summed E-state index contributed by atoms with van der Waals surface area (Å²) >= 11 is 0. The van der Waals surface area contributed by atoms with Crippen LogP contribution in [-0.2, 0) is 24.0 Å². The highest BCUT2D eigenvalue weighted by Crippen LogP contribution is 2.45. The van der Waals surface area contributed by atoms with Gasteiger partial charge in [0.1, 0.15) is 35.5 Å². The Bertz CT molecular complexity index is 1460. The number of likely N-dealkylation sites (tertiary alicyclic amines) is 1. The van der Waals surface area contributed by atoms with E-state index in [1.54, 1.807) is 0 Å². The first kappa shape index (κ1) is 33.7. The SMILES string of the molecule is C=C[C@@H]1C[C@@]1(NC(=O)[C@@H]1C[C@@H](ON=C(c2ccccc2)c2ccccc2)CN1C(=O)[C@@H](NC(=O)OC1CCCC1)C(C)(C)C)C(=O)O. The molecule has 1 saturated heterocycles. The average Bonchev–Trinajstić information content (AvgIpc) is 3.32. The molecule has 0 unspecified atom stereocenters. The quantitative estimate of drug-likeness (QED) is 0.183. The van der Waals surface area contributed by atoms with Crippen molar-refractivity contribution in [1.82, 2.24) is 15.5 Å². The Morgan fingerprint density at radius 1 is 1.00 bits per heavy atom. The highest BCUT2D eigenvalue weighted by molar-refractivity contribution is 6.12. The third-order valence-electron chi connectivity index (χ3n) is 9.21. The number of benzene rings is 2. The van der Waals surface area contributed by atoms with Crippen LogP contribution < -0.4 is 10.6 Å². The molecule has 3 fully saturated rings. The van der Waals surface area contributed by atoms with E-state index in [-0.39, 0.29) is 25.5 Å². The van der Waals surface area contributed by atoms with E-state index in [1.165, 1.54) is 11.0 Å². The lowest BCUT2D eigenvalue weighted by molar-refractivity contribution is -0.146. The van der Waals surface area contributed by atoms with Crippen molar-refractivity contribution >= 4 is 29.6 Å². The van der Waals surface area contributed by atoms with Crippen molar-refractivity contribution in [3.8, 4) is 0 Å². The van der Waals surface area contributed by atoms with Crippen LogP contribution in [0.4, 0.5) is 4.79 Å². The number of ether oxygens (including phenoxy) is 1. The first-order valence-corrected chi connectivity index (χ1v) is 16.2. The number of carboxylic acid groups (broad SMARTS) is 1. The van der Waals surface area contributed by atoms with Crippen molar-refractivity contribution in [3.63, 3.8) is 0 Å². The van der Waals surface area contributed by atoms with Crippen LogP contribution in [0.2, 0.25) is 0 Å². The van der Waals surface area contributed by atoms with Crippen LogP contribution in [0.25, 0.3) is 0 Å². The average molecular weight is 645 g/mol. The minimum Gasteiger partial charge on any atom is -0.479 e. The molecular formula is C36H44N4O7. The van der Waals surface area contributed by atoms with Crippen LogP contribution >= 0.6 is 0 Å².